The Labute approximate surface area is 122 Å². The highest BCUT2D eigenvalue weighted by Crippen LogP contribution is 2.45. The number of nitrogens with two attached hydrogens (primary N) is 1. The van der Waals surface area contributed by atoms with Crippen molar-refractivity contribution in [2.75, 3.05) is 13.1 Å². The highest BCUT2D eigenvalue weighted by Gasteiger charge is 2.54. The quantitative estimate of drug-likeness (QED) is 0.928. The van der Waals surface area contributed by atoms with Crippen LogP contribution in [-0.2, 0) is 4.79 Å². The van der Waals surface area contributed by atoms with Crippen molar-refractivity contribution < 1.29 is 4.79 Å². The van der Waals surface area contributed by atoms with Crippen molar-refractivity contribution in [2.24, 2.45) is 11.1 Å². The predicted octanol–water partition coefficient (Wildman–Crippen LogP) is 2.70. The van der Waals surface area contributed by atoms with Gasteiger partial charge in [-0.15, -0.1) is 12.4 Å². The first kappa shape index (κ1) is 17.9. The Hall–Kier alpha value is -1.06. The minimum absolute atomic E-state index is 0. The maximum atomic E-state index is 11.7. The number of rotatable bonds is 3. The van der Waals surface area contributed by atoms with Crippen LogP contribution in [0.25, 0.3) is 0 Å². The third kappa shape index (κ3) is 4.84. The molecule has 0 bridgehead atoms. The number of carbonyl (C=O) groups excluding carboxylic acids is 1. The standard InChI is InChI=1S/C9H18N2O.C6H6.ClH/c1-4-11(5-2)8(12)9(3)6-7(9)10;1-2-4-6-5-3-1;/h7H,4-6,10H2,1-3H3;1-6H;1H. The molecule has 3 nitrogen and oxygen atoms in total. The van der Waals surface area contributed by atoms with Gasteiger partial charge < -0.3 is 10.6 Å². The second kappa shape index (κ2) is 8.18. The molecular formula is C15H25ClN2O. The van der Waals surface area contributed by atoms with Crippen LogP contribution in [0.4, 0.5) is 0 Å². The monoisotopic (exact) mass is 284 g/mol. The Kier molecular flexibility index (Phi) is 7.72. The molecule has 1 aromatic rings. The lowest BCUT2D eigenvalue weighted by molar-refractivity contribution is -0.136. The highest BCUT2D eigenvalue weighted by atomic mass is 35.5. The number of carbonyl (C=O) groups is 1. The minimum Gasteiger partial charge on any atom is -0.343 e. The molecule has 2 rings (SSSR count). The molecule has 19 heavy (non-hydrogen) atoms. The van der Waals surface area contributed by atoms with E-state index in [1.54, 1.807) is 0 Å². The molecule has 1 aliphatic carbocycles. The van der Waals surface area contributed by atoms with Crippen molar-refractivity contribution in [2.45, 2.75) is 33.2 Å². The molecule has 0 heterocycles. The normalized spacial score (nSPS) is 23.5. The molecule has 4 heteroatoms. The van der Waals surface area contributed by atoms with E-state index in [1.807, 2.05) is 62.1 Å². The lowest BCUT2D eigenvalue weighted by Gasteiger charge is -2.22. The second-order valence-corrected chi connectivity index (χ2v) is 4.86. The van der Waals surface area contributed by atoms with Gasteiger partial charge in [0.15, 0.2) is 0 Å². The van der Waals surface area contributed by atoms with E-state index in [9.17, 15) is 4.79 Å². The summed E-state index contributed by atoms with van der Waals surface area (Å²) < 4.78 is 0. The molecule has 0 spiro atoms. The lowest BCUT2D eigenvalue weighted by atomic mass is 10.1. The van der Waals surface area contributed by atoms with Gasteiger partial charge in [0.2, 0.25) is 5.91 Å². The van der Waals surface area contributed by atoms with Crippen LogP contribution in [0.2, 0.25) is 0 Å². The Morgan fingerprint density at radius 2 is 1.47 bits per heavy atom. The first-order valence-electron chi connectivity index (χ1n) is 6.61. The summed E-state index contributed by atoms with van der Waals surface area (Å²) in [5.74, 6) is 0.222. The van der Waals surface area contributed by atoms with Crippen molar-refractivity contribution in [1.82, 2.24) is 4.90 Å². The van der Waals surface area contributed by atoms with E-state index < -0.39 is 0 Å². The molecule has 1 aromatic carbocycles. The van der Waals surface area contributed by atoms with E-state index in [1.165, 1.54) is 0 Å². The average molecular weight is 285 g/mol. The van der Waals surface area contributed by atoms with Crippen LogP contribution in [0, 0.1) is 5.41 Å². The summed E-state index contributed by atoms with van der Waals surface area (Å²) in [6, 6.07) is 12.1. The van der Waals surface area contributed by atoms with Crippen molar-refractivity contribution in [1.29, 1.82) is 0 Å². The lowest BCUT2D eigenvalue weighted by Crippen LogP contribution is -2.38. The first-order chi connectivity index (χ1) is 8.56. The first-order valence-corrected chi connectivity index (χ1v) is 6.61. The molecule has 1 saturated carbocycles. The number of halogens is 1. The Balaban J connectivity index is 0.000000392. The number of benzene rings is 1. The van der Waals surface area contributed by atoms with Crippen LogP contribution < -0.4 is 5.73 Å². The smallest absolute Gasteiger partial charge is 0.230 e. The van der Waals surface area contributed by atoms with E-state index in [0.29, 0.717) is 0 Å². The SMILES string of the molecule is CCN(CC)C(=O)C1(C)CC1N.Cl.c1ccccc1. The zero-order chi connectivity index (χ0) is 13.6. The topological polar surface area (TPSA) is 46.3 Å². The number of nitrogens with zero attached hydrogens (tertiary/aromatic N) is 1. The summed E-state index contributed by atoms with van der Waals surface area (Å²) in [6.07, 6.45) is 0.850. The molecule has 2 atom stereocenters. The van der Waals surface area contributed by atoms with Crippen molar-refractivity contribution in [3.8, 4) is 0 Å². The number of amides is 1. The zero-order valence-corrected chi connectivity index (χ0v) is 12.8. The fraction of sp³-hybridized carbons (Fsp3) is 0.533. The Morgan fingerprint density at radius 3 is 1.68 bits per heavy atom. The van der Waals surface area contributed by atoms with Crippen molar-refractivity contribution in [3.05, 3.63) is 36.4 Å². The van der Waals surface area contributed by atoms with E-state index in [0.717, 1.165) is 19.5 Å². The third-order valence-corrected chi connectivity index (χ3v) is 3.51. The van der Waals surface area contributed by atoms with Crippen LogP contribution in [0.5, 0.6) is 0 Å². The summed E-state index contributed by atoms with van der Waals surface area (Å²) in [5.41, 5.74) is 5.46. The Bertz CT molecular complexity index is 341. The van der Waals surface area contributed by atoms with Crippen LogP contribution in [0.1, 0.15) is 27.2 Å². The van der Waals surface area contributed by atoms with Gasteiger partial charge in [-0.25, -0.2) is 0 Å². The summed E-state index contributed by atoms with van der Waals surface area (Å²) >= 11 is 0. The fourth-order valence-electron chi connectivity index (χ4n) is 1.90. The van der Waals surface area contributed by atoms with Gasteiger partial charge in [0.1, 0.15) is 0 Å². The molecule has 0 aliphatic heterocycles. The minimum atomic E-state index is -0.244. The molecule has 1 amide bonds. The molecule has 0 saturated heterocycles. The summed E-state index contributed by atoms with van der Waals surface area (Å²) in [7, 11) is 0. The maximum Gasteiger partial charge on any atom is 0.230 e. The van der Waals surface area contributed by atoms with Gasteiger partial charge in [-0.2, -0.15) is 0 Å². The van der Waals surface area contributed by atoms with E-state index in [2.05, 4.69) is 0 Å². The van der Waals surface area contributed by atoms with Crippen LogP contribution >= 0.6 is 12.4 Å². The summed E-state index contributed by atoms with van der Waals surface area (Å²) in [5, 5.41) is 0. The van der Waals surface area contributed by atoms with Gasteiger partial charge in [0.05, 0.1) is 5.41 Å². The fourth-order valence-corrected chi connectivity index (χ4v) is 1.90. The van der Waals surface area contributed by atoms with E-state index in [4.69, 9.17) is 5.73 Å². The Morgan fingerprint density at radius 1 is 1.16 bits per heavy atom. The summed E-state index contributed by atoms with van der Waals surface area (Å²) in [6.45, 7) is 7.53. The molecular weight excluding hydrogens is 260 g/mol. The van der Waals surface area contributed by atoms with Gasteiger partial charge >= 0.3 is 0 Å². The van der Waals surface area contributed by atoms with Crippen LogP contribution in [-0.4, -0.2) is 29.9 Å². The molecule has 2 N–H and O–H groups in total. The van der Waals surface area contributed by atoms with Crippen LogP contribution in [0.3, 0.4) is 0 Å². The zero-order valence-electron chi connectivity index (χ0n) is 12.0. The molecule has 2 unspecified atom stereocenters. The third-order valence-electron chi connectivity index (χ3n) is 3.51. The van der Waals surface area contributed by atoms with Crippen molar-refractivity contribution in [3.63, 3.8) is 0 Å². The molecule has 0 aromatic heterocycles. The highest BCUT2D eigenvalue weighted by molar-refractivity contribution is 5.86. The predicted molar refractivity (Wildman–Crippen MR) is 82.3 cm³/mol. The van der Waals surface area contributed by atoms with Crippen LogP contribution in [0.15, 0.2) is 36.4 Å². The van der Waals surface area contributed by atoms with Gasteiger partial charge in [-0.05, 0) is 27.2 Å². The molecule has 1 aliphatic rings. The van der Waals surface area contributed by atoms with Gasteiger partial charge in [-0.3, -0.25) is 4.79 Å². The van der Waals surface area contributed by atoms with Gasteiger partial charge in [0.25, 0.3) is 0 Å². The maximum absolute atomic E-state index is 11.7. The van der Waals surface area contributed by atoms with Crippen molar-refractivity contribution >= 4 is 18.3 Å². The number of hydrogen-bond donors (Lipinski definition) is 1. The second-order valence-electron chi connectivity index (χ2n) is 4.86. The number of hydrogen-bond acceptors (Lipinski definition) is 2. The molecule has 0 radical (unpaired) electrons. The van der Waals surface area contributed by atoms with E-state index >= 15 is 0 Å². The average Bonchev–Trinajstić information content (AvgIpc) is 3.03. The largest absolute Gasteiger partial charge is 0.343 e. The van der Waals surface area contributed by atoms with E-state index in [-0.39, 0.29) is 29.8 Å². The molecule has 1 fully saturated rings. The van der Waals surface area contributed by atoms with Gasteiger partial charge in [0, 0.05) is 19.1 Å². The molecule has 108 valence electrons. The van der Waals surface area contributed by atoms with Gasteiger partial charge in [-0.1, -0.05) is 36.4 Å². The summed E-state index contributed by atoms with van der Waals surface area (Å²) in [4.78, 5) is 13.6.